The Kier molecular flexibility index (Phi) is 5.91. The Morgan fingerprint density at radius 2 is 1.86 bits per heavy atom. The Morgan fingerprint density at radius 1 is 1.14 bits per heavy atom. The van der Waals surface area contributed by atoms with Crippen LogP contribution in [0.3, 0.4) is 0 Å². The Labute approximate surface area is 135 Å². The molecule has 2 aromatic rings. The second kappa shape index (κ2) is 7.91. The normalized spacial score (nSPS) is 10.7. The van der Waals surface area contributed by atoms with Crippen molar-refractivity contribution in [1.82, 2.24) is 15.1 Å². The van der Waals surface area contributed by atoms with Gasteiger partial charge in [0.25, 0.3) is 5.91 Å². The molecule has 0 aliphatic carbocycles. The van der Waals surface area contributed by atoms with E-state index < -0.39 is 0 Å². The summed E-state index contributed by atoms with van der Waals surface area (Å²) in [4.78, 5) is 14.2. The summed E-state index contributed by atoms with van der Waals surface area (Å²) in [6.45, 7) is 2.97. The smallest absolute Gasteiger partial charge is 0.256 e. The van der Waals surface area contributed by atoms with Crippen molar-refractivity contribution in [2.75, 3.05) is 31.7 Å². The van der Waals surface area contributed by atoms with Crippen LogP contribution in [0.15, 0.2) is 41.4 Å². The number of carbonyl (C=O) groups excluding carboxylic acids is 1. The maximum atomic E-state index is 12.1. The van der Waals surface area contributed by atoms with Crippen molar-refractivity contribution in [1.29, 1.82) is 0 Å². The van der Waals surface area contributed by atoms with Crippen molar-refractivity contribution in [3.63, 3.8) is 0 Å². The van der Waals surface area contributed by atoms with Gasteiger partial charge in [0.2, 0.25) is 0 Å². The minimum atomic E-state index is -0.178. The number of carbonyl (C=O) groups is 1. The van der Waals surface area contributed by atoms with Crippen LogP contribution in [0.5, 0.6) is 0 Å². The molecule has 1 N–H and O–H groups in total. The topological polar surface area (TPSA) is 58.1 Å². The Balaban J connectivity index is 1.90. The van der Waals surface area contributed by atoms with Crippen LogP contribution in [-0.4, -0.2) is 47.4 Å². The number of hydrogen-bond donors (Lipinski definition) is 1. The van der Waals surface area contributed by atoms with Gasteiger partial charge in [0.05, 0.1) is 0 Å². The third-order valence-corrected chi connectivity index (χ3v) is 3.88. The van der Waals surface area contributed by atoms with E-state index in [4.69, 9.17) is 0 Å². The molecule has 0 aliphatic rings. The molecular weight excluding hydrogens is 296 g/mol. The van der Waals surface area contributed by atoms with E-state index in [-0.39, 0.29) is 5.91 Å². The van der Waals surface area contributed by atoms with E-state index >= 15 is 0 Å². The lowest BCUT2D eigenvalue weighted by atomic mass is 10.1. The minimum absolute atomic E-state index is 0.178. The van der Waals surface area contributed by atoms with Crippen LogP contribution in [0.1, 0.15) is 15.9 Å². The molecule has 0 saturated carbocycles. The number of amides is 1. The third-order valence-electron chi connectivity index (χ3n) is 2.98. The predicted octanol–water partition coefficient (Wildman–Crippen LogP) is 2.69. The first kappa shape index (κ1) is 16.5. The summed E-state index contributed by atoms with van der Waals surface area (Å²) in [6.07, 6.45) is 0. The van der Waals surface area contributed by atoms with Crippen LogP contribution >= 0.6 is 11.8 Å². The molecule has 2 rings (SSSR count). The van der Waals surface area contributed by atoms with E-state index in [1.807, 2.05) is 39.2 Å². The van der Waals surface area contributed by atoms with E-state index in [1.165, 1.54) is 0 Å². The largest absolute Gasteiger partial charge is 0.309 e. The standard InChI is InChI=1S/C16H20N4OS/c1-12-4-6-13(7-5-12)16(21)17-14-8-9-15(19-18-14)22-11-10-20(2)3/h4-9H,10-11H2,1-3H3,(H,17,18,21). The summed E-state index contributed by atoms with van der Waals surface area (Å²) in [5.41, 5.74) is 1.73. The fourth-order valence-electron chi connectivity index (χ4n) is 1.69. The van der Waals surface area contributed by atoms with Gasteiger partial charge in [-0.05, 0) is 45.3 Å². The fraction of sp³-hybridized carbons (Fsp3) is 0.312. The summed E-state index contributed by atoms with van der Waals surface area (Å²) in [7, 11) is 4.08. The average molecular weight is 316 g/mol. The zero-order valence-electron chi connectivity index (χ0n) is 13.0. The lowest BCUT2D eigenvalue weighted by Crippen LogP contribution is -2.15. The molecule has 1 aromatic heterocycles. The highest BCUT2D eigenvalue weighted by molar-refractivity contribution is 7.99. The number of anilines is 1. The van der Waals surface area contributed by atoms with E-state index in [1.54, 1.807) is 30.0 Å². The van der Waals surface area contributed by atoms with Crippen molar-refractivity contribution in [2.24, 2.45) is 0 Å². The zero-order valence-corrected chi connectivity index (χ0v) is 13.9. The summed E-state index contributed by atoms with van der Waals surface area (Å²) < 4.78 is 0. The van der Waals surface area contributed by atoms with Crippen molar-refractivity contribution in [3.05, 3.63) is 47.5 Å². The lowest BCUT2D eigenvalue weighted by Gasteiger charge is -2.08. The monoisotopic (exact) mass is 316 g/mol. The van der Waals surface area contributed by atoms with Gasteiger partial charge in [-0.15, -0.1) is 22.0 Å². The van der Waals surface area contributed by atoms with Crippen LogP contribution in [0.2, 0.25) is 0 Å². The molecule has 22 heavy (non-hydrogen) atoms. The molecular formula is C16H20N4OS. The maximum absolute atomic E-state index is 12.1. The second-order valence-electron chi connectivity index (χ2n) is 5.23. The number of hydrogen-bond acceptors (Lipinski definition) is 5. The van der Waals surface area contributed by atoms with Gasteiger partial charge in [0, 0.05) is 17.9 Å². The molecule has 0 spiro atoms. The number of benzene rings is 1. The molecule has 5 nitrogen and oxygen atoms in total. The van der Waals surface area contributed by atoms with Crippen LogP contribution in [0.25, 0.3) is 0 Å². The molecule has 0 bridgehead atoms. The van der Waals surface area contributed by atoms with Crippen molar-refractivity contribution >= 4 is 23.5 Å². The first-order valence-corrected chi connectivity index (χ1v) is 8.02. The summed E-state index contributed by atoms with van der Waals surface area (Å²) in [5.74, 6) is 1.24. The van der Waals surface area contributed by atoms with Gasteiger partial charge in [-0.25, -0.2) is 0 Å². The second-order valence-corrected chi connectivity index (χ2v) is 6.34. The molecule has 1 heterocycles. The summed E-state index contributed by atoms with van der Waals surface area (Å²) in [5, 5.41) is 11.8. The van der Waals surface area contributed by atoms with Crippen molar-refractivity contribution in [3.8, 4) is 0 Å². The minimum Gasteiger partial charge on any atom is -0.309 e. The van der Waals surface area contributed by atoms with Crippen molar-refractivity contribution in [2.45, 2.75) is 11.9 Å². The van der Waals surface area contributed by atoms with Gasteiger partial charge >= 0.3 is 0 Å². The Morgan fingerprint density at radius 3 is 2.45 bits per heavy atom. The van der Waals surface area contributed by atoms with E-state index in [9.17, 15) is 4.79 Å². The summed E-state index contributed by atoms with van der Waals surface area (Å²) >= 11 is 1.65. The highest BCUT2D eigenvalue weighted by Crippen LogP contribution is 2.15. The van der Waals surface area contributed by atoms with Crippen LogP contribution in [-0.2, 0) is 0 Å². The van der Waals surface area contributed by atoms with Gasteiger partial charge < -0.3 is 10.2 Å². The van der Waals surface area contributed by atoms with E-state index in [0.717, 1.165) is 22.9 Å². The third kappa shape index (κ3) is 5.13. The average Bonchev–Trinajstić information content (AvgIpc) is 2.49. The number of rotatable bonds is 6. The predicted molar refractivity (Wildman–Crippen MR) is 90.4 cm³/mol. The number of aromatic nitrogens is 2. The molecule has 0 saturated heterocycles. The number of nitrogens with one attached hydrogen (secondary N) is 1. The van der Waals surface area contributed by atoms with Gasteiger partial charge in [-0.3, -0.25) is 4.79 Å². The highest BCUT2D eigenvalue weighted by atomic mass is 32.2. The van der Waals surface area contributed by atoms with Crippen LogP contribution in [0.4, 0.5) is 5.82 Å². The number of thioether (sulfide) groups is 1. The zero-order chi connectivity index (χ0) is 15.9. The molecule has 0 aliphatic heterocycles. The molecule has 0 radical (unpaired) electrons. The quantitative estimate of drug-likeness (QED) is 0.830. The molecule has 0 unspecified atom stereocenters. The van der Waals surface area contributed by atoms with Crippen LogP contribution in [0, 0.1) is 6.92 Å². The molecule has 116 valence electrons. The molecule has 1 aromatic carbocycles. The number of nitrogens with zero attached hydrogens (tertiary/aromatic N) is 3. The van der Waals surface area contributed by atoms with Gasteiger partial charge in [0.1, 0.15) is 5.03 Å². The lowest BCUT2D eigenvalue weighted by molar-refractivity contribution is 0.102. The van der Waals surface area contributed by atoms with E-state index in [0.29, 0.717) is 11.4 Å². The first-order valence-electron chi connectivity index (χ1n) is 7.04. The molecule has 0 atom stereocenters. The molecule has 1 amide bonds. The fourth-order valence-corrected chi connectivity index (χ4v) is 2.62. The van der Waals surface area contributed by atoms with Crippen molar-refractivity contribution < 1.29 is 4.79 Å². The van der Waals surface area contributed by atoms with E-state index in [2.05, 4.69) is 20.4 Å². The SMILES string of the molecule is Cc1ccc(C(=O)Nc2ccc(SCCN(C)C)nn2)cc1. The van der Waals surface area contributed by atoms with Gasteiger partial charge in [0.15, 0.2) is 5.82 Å². The molecule has 0 fully saturated rings. The summed E-state index contributed by atoms with van der Waals surface area (Å²) in [6, 6.07) is 11.1. The van der Waals surface area contributed by atoms with Crippen LogP contribution < -0.4 is 5.32 Å². The Hall–Kier alpha value is -1.92. The number of aryl methyl sites for hydroxylation is 1. The highest BCUT2D eigenvalue weighted by Gasteiger charge is 2.07. The maximum Gasteiger partial charge on any atom is 0.256 e. The molecule has 6 heteroatoms. The van der Waals surface area contributed by atoms with Gasteiger partial charge in [-0.2, -0.15) is 0 Å². The first-order chi connectivity index (χ1) is 10.5. The van der Waals surface area contributed by atoms with Gasteiger partial charge in [-0.1, -0.05) is 17.7 Å². The Bertz CT molecular complexity index is 611.